The summed E-state index contributed by atoms with van der Waals surface area (Å²) in [5, 5.41) is 11.5. The number of aliphatic hydroxyl groups is 1. The van der Waals surface area contributed by atoms with Crippen LogP contribution in [0.15, 0.2) is 24.3 Å². The van der Waals surface area contributed by atoms with E-state index in [9.17, 15) is 18.3 Å². The van der Waals surface area contributed by atoms with Crippen molar-refractivity contribution in [2.24, 2.45) is 16.7 Å². The van der Waals surface area contributed by atoms with Crippen molar-refractivity contribution in [2.75, 3.05) is 0 Å². The van der Waals surface area contributed by atoms with E-state index in [1.165, 1.54) is 6.07 Å². The molecule has 2 aliphatic rings. The molecule has 0 radical (unpaired) electrons. The highest BCUT2D eigenvalue weighted by atomic mass is 19.4. The van der Waals surface area contributed by atoms with Gasteiger partial charge in [0.2, 0.25) is 0 Å². The van der Waals surface area contributed by atoms with Crippen molar-refractivity contribution < 1.29 is 18.3 Å². The van der Waals surface area contributed by atoms with E-state index in [1.54, 1.807) is 6.07 Å². The third-order valence-electron chi connectivity index (χ3n) is 6.18. The molecule has 1 aromatic rings. The molecule has 0 aromatic heterocycles. The number of fused-ring (bicyclic) bond motifs is 2. The van der Waals surface area contributed by atoms with E-state index < -0.39 is 22.8 Å². The molecule has 0 spiro atoms. The first-order valence-electron chi connectivity index (χ1n) is 7.42. The number of hydrogen-bond donors (Lipinski definition) is 1. The lowest BCUT2D eigenvalue weighted by Crippen LogP contribution is -2.51. The Labute approximate surface area is 123 Å². The molecule has 3 atom stereocenters. The van der Waals surface area contributed by atoms with Crippen molar-refractivity contribution in [2.45, 2.75) is 51.8 Å². The van der Waals surface area contributed by atoms with Crippen molar-refractivity contribution >= 4 is 0 Å². The van der Waals surface area contributed by atoms with E-state index >= 15 is 0 Å². The molecule has 21 heavy (non-hydrogen) atoms. The fourth-order valence-corrected chi connectivity index (χ4v) is 4.90. The van der Waals surface area contributed by atoms with Crippen molar-refractivity contribution in [1.82, 2.24) is 0 Å². The average molecular weight is 298 g/mol. The molecule has 1 N–H and O–H groups in total. The zero-order valence-corrected chi connectivity index (χ0v) is 12.6. The van der Waals surface area contributed by atoms with Crippen LogP contribution in [0.25, 0.3) is 0 Å². The molecule has 0 aliphatic heterocycles. The van der Waals surface area contributed by atoms with Crippen LogP contribution in [-0.2, 0) is 11.8 Å². The van der Waals surface area contributed by atoms with Crippen molar-refractivity contribution in [1.29, 1.82) is 0 Å². The van der Waals surface area contributed by atoms with Crippen LogP contribution < -0.4 is 0 Å². The smallest absolute Gasteiger partial charge is 0.384 e. The SMILES string of the molecule is CC12CCC(C1)C(C)(C)C2(O)c1cccc(C(F)(F)F)c1. The molecule has 2 aliphatic carbocycles. The van der Waals surface area contributed by atoms with Crippen LogP contribution in [0.2, 0.25) is 0 Å². The quantitative estimate of drug-likeness (QED) is 0.794. The Morgan fingerprint density at radius 2 is 1.86 bits per heavy atom. The van der Waals surface area contributed by atoms with Gasteiger partial charge in [-0.15, -0.1) is 0 Å². The molecule has 0 heterocycles. The van der Waals surface area contributed by atoms with E-state index in [0.717, 1.165) is 31.4 Å². The Bertz CT molecular complexity index is 571. The molecule has 1 nitrogen and oxygen atoms in total. The molecule has 2 bridgehead atoms. The van der Waals surface area contributed by atoms with Gasteiger partial charge in [-0.3, -0.25) is 0 Å². The van der Waals surface area contributed by atoms with Crippen LogP contribution in [0.3, 0.4) is 0 Å². The second-order valence-corrected chi connectivity index (χ2v) is 7.51. The Kier molecular flexibility index (Phi) is 2.86. The predicted molar refractivity (Wildman–Crippen MR) is 74.6 cm³/mol. The Morgan fingerprint density at radius 1 is 1.19 bits per heavy atom. The second-order valence-electron chi connectivity index (χ2n) is 7.51. The summed E-state index contributed by atoms with van der Waals surface area (Å²) in [7, 11) is 0. The molecule has 4 heteroatoms. The highest BCUT2D eigenvalue weighted by Gasteiger charge is 2.69. The zero-order valence-electron chi connectivity index (χ0n) is 12.6. The van der Waals surface area contributed by atoms with Crippen LogP contribution in [-0.4, -0.2) is 5.11 Å². The summed E-state index contributed by atoms with van der Waals surface area (Å²) in [5.41, 5.74) is -2.23. The minimum atomic E-state index is -4.38. The zero-order chi connectivity index (χ0) is 15.7. The fourth-order valence-electron chi connectivity index (χ4n) is 4.90. The van der Waals surface area contributed by atoms with Gasteiger partial charge in [0.05, 0.1) is 5.56 Å². The van der Waals surface area contributed by atoms with Gasteiger partial charge in [-0.05, 0) is 42.9 Å². The van der Waals surface area contributed by atoms with Gasteiger partial charge in [-0.25, -0.2) is 0 Å². The van der Waals surface area contributed by atoms with E-state index in [2.05, 4.69) is 0 Å². The lowest BCUT2D eigenvalue weighted by Gasteiger charge is -2.51. The monoisotopic (exact) mass is 298 g/mol. The largest absolute Gasteiger partial charge is 0.416 e. The number of alkyl halides is 3. The van der Waals surface area contributed by atoms with Crippen molar-refractivity contribution in [3.8, 4) is 0 Å². The molecule has 3 rings (SSSR count). The van der Waals surface area contributed by atoms with Gasteiger partial charge in [0.1, 0.15) is 5.60 Å². The first-order chi connectivity index (χ1) is 9.52. The van der Waals surface area contributed by atoms with Gasteiger partial charge in [-0.1, -0.05) is 32.9 Å². The molecular formula is C17H21F3O. The molecule has 1 aromatic carbocycles. The highest BCUT2D eigenvalue weighted by molar-refractivity contribution is 5.36. The van der Waals surface area contributed by atoms with Crippen LogP contribution in [0, 0.1) is 16.7 Å². The predicted octanol–water partition coefficient (Wildman–Crippen LogP) is 4.74. The molecule has 0 amide bonds. The summed E-state index contributed by atoms with van der Waals surface area (Å²) in [6, 6.07) is 5.24. The van der Waals surface area contributed by atoms with Crippen molar-refractivity contribution in [3.63, 3.8) is 0 Å². The van der Waals surface area contributed by atoms with Gasteiger partial charge in [0, 0.05) is 10.8 Å². The minimum absolute atomic E-state index is 0.342. The van der Waals surface area contributed by atoms with Gasteiger partial charge in [0.25, 0.3) is 0 Å². The lowest BCUT2D eigenvalue weighted by molar-refractivity contribution is -0.152. The molecule has 2 fully saturated rings. The third kappa shape index (κ3) is 1.74. The first-order valence-corrected chi connectivity index (χ1v) is 7.42. The summed E-state index contributed by atoms with van der Waals surface area (Å²) in [4.78, 5) is 0. The Morgan fingerprint density at radius 3 is 2.38 bits per heavy atom. The van der Waals surface area contributed by atoms with Crippen molar-refractivity contribution in [3.05, 3.63) is 35.4 Å². The van der Waals surface area contributed by atoms with Gasteiger partial charge < -0.3 is 5.11 Å². The van der Waals surface area contributed by atoms with E-state index in [4.69, 9.17) is 0 Å². The maximum absolute atomic E-state index is 13.0. The topological polar surface area (TPSA) is 20.2 Å². The molecule has 0 saturated heterocycles. The maximum Gasteiger partial charge on any atom is 0.416 e. The van der Waals surface area contributed by atoms with Crippen LogP contribution in [0.4, 0.5) is 13.2 Å². The summed E-state index contributed by atoms with van der Waals surface area (Å²) < 4.78 is 38.9. The summed E-state index contributed by atoms with van der Waals surface area (Å²) in [6.07, 6.45) is -1.58. The van der Waals surface area contributed by atoms with E-state index in [-0.39, 0.29) is 5.41 Å². The first kappa shape index (κ1) is 14.9. The summed E-state index contributed by atoms with van der Waals surface area (Å²) in [6.45, 7) is 5.99. The number of hydrogen-bond acceptors (Lipinski definition) is 1. The second kappa shape index (κ2) is 4.03. The average Bonchev–Trinajstić information content (AvgIpc) is 2.86. The lowest BCUT2D eigenvalue weighted by atomic mass is 9.57. The minimum Gasteiger partial charge on any atom is -0.384 e. The van der Waals surface area contributed by atoms with Gasteiger partial charge >= 0.3 is 6.18 Å². The molecular weight excluding hydrogens is 277 g/mol. The van der Waals surface area contributed by atoms with Crippen LogP contribution in [0.5, 0.6) is 0 Å². The molecule has 116 valence electrons. The summed E-state index contributed by atoms with van der Waals surface area (Å²) >= 11 is 0. The highest BCUT2D eigenvalue weighted by Crippen LogP contribution is 2.71. The maximum atomic E-state index is 13.0. The van der Waals surface area contributed by atoms with E-state index in [1.807, 2.05) is 20.8 Å². The number of rotatable bonds is 1. The Balaban J connectivity index is 2.15. The Hall–Kier alpha value is -1.03. The fraction of sp³-hybridized carbons (Fsp3) is 0.647. The molecule has 2 saturated carbocycles. The standard InChI is InChI=1S/C17H21F3O/c1-14(2)13-7-8-15(3,10-13)16(14,21)11-5-4-6-12(9-11)17(18,19)20/h4-6,9,13,21H,7-8,10H2,1-3H3. The normalized spacial score (nSPS) is 38.0. The third-order valence-corrected chi connectivity index (χ3v) is 6.18. The number of halogens is 3. The van der Waals surface area contributed by atoms with Gasteiger partial charge in [0.15, 0.2) is 0 Å². The molecule has 3 unspecified atom stereocenters. The van der Waals surface area contributed by atoms with Gasteiger partial charge in [-0.2, -0.15) is 13.2 Å². The van der Waals surface area contributed by atoms with Crippen LogP contribution in [0.1, 0.15) is 51.2 Å². The summed E-state index contributed by atoms with van der Waals surface area (Å²) in [5.74, 6) is 0.363. The number of benzene rings is 1. The van der Waals surface area contributed by atoms with E-state index in [0.29, 0.717) is 11.5 Å². The van der Waals surface area contributed by atoms with Crippen LogP contribution >= 0.6 is 0 Å².